The van der Waals surface area contributed by atoms with Crippen LogP contribution in [0.1, 0.15) is 44.9 Å². The van der Waals surface area contributed by atoms with E-state index in [0.29, 0.717) is 6.04 Å². The molecule has 92 valence electrons. The van der Waals surface area contributed by atoms with Crippen LogP contribution in [-0.2, 0) is 0 Å². The Morgan fingerprint density at radius 3 is 2.56 bits per heavy atom. The molecule has 0 aromatic rings. The third-order valence-electron chi connectivity index (χ3n) is 4.11. The fourth-order valence-electron chi connectivity index (χ4n) is 2.92. The molecule has 0 heterocycles. The largest absolute Gasteiger partial charge is 0.327 e. The Labute approximate surface area is 99.9 Å². The number of nitrogens with zero attached hydrogens (tertiary/aromatic N) is 1. The molecule has 2 fully saturated rings. The first-order valence-corrected chi connectivity index (χ1v) is 6.92. The summed E-state index contributed by atoms with van der Waals surface area (Å²) in [6, 6.07) is 1.28. The molecule has 2 aliphatic rings. The summed E-state index contributed by atoms with van der Waals surface area (Å²) in [5.74, 6) is 0.725. The lowest BCUT2D eigenvalue weighted by Gasteiger charge is -2.29. The molecular weight excluding hydrogens is 196 g/mol. The zero-order valence-corrected chi connectivity index (χ0v) is 10.4. The minimum absolute atomic E-state index is 0.438. The number of nitrogens with two attached hydrogens (primary N) is 1. The van der Waals surface area contributed by atoms with Gasteiger partial charge in [0.25, 0.3) is 0 Å². The molecule has 0 amide bonds. The van der Waals surface area contributed by atoms with Gasteiger partial charge in [-0.3, -0.25) is 4.90 Å². The Bertz CT molecular complexity index is 223. The molecule has 2 N–H and O–H groups in total. The first-order chi connectivity index (χ1) is 7.81. The normalized spacial score (nSPS) is 31.4. The van der Waals surface area contributed by atoms with Gasteiger partial charge in [-0.15, -0.1) is 6.58 Å². The Kier molecular flexibility index (Phi) is 4.42. The van der Waals surface area contributed by atoms with Crippen LogP contribution in [0.25, 0.3) is 0 Å². The van der Waals surface area contributed by atoms with Crippen LogP contribution in [-0.4, -0.2) is 30.1 Å². The molecular formula is C14H26N2. The minimum atomic E-state index is 0.438. The number of rotatable bonds is 5. The fraction of sp³-hybridized carbons (Fsp3) is 0.857. The third kappa shape index (κ3) is 3.33. The van der Waals surface area contributed by atoms with Gasteiger partial charge in [0, 0.05) is 25.2 Å². The molecule has 2 saturated carbocycles. The van der Waals surface area contributed by atoms with E-state index < -0.39 is 0 Å². The lowest BCUT2D eigenvalue weighted by atomic mass is 9.95. The summed E-state index contributed by atoms with van der Waals surface area (Å²) in [5.41, 5.74) is 6.29. The van der Waals surface area contributed by atoms with E-state index in [-0.39, 0.29) is 0 Å². The smallest absolute Gasteiger partial charge is 0.0163 e. The van der Waals surface area contributed by atoms with Gasteiger partial charge >= 0.3 is 0 Å². The van der Waals surface area contributed by atoms with Gasteiger partial charge in [-0.05, 0) is 31.6 Å². The standard InChI is InChI=1S/C14H26N2/c1-2-10-16(13-8-9-13)11-12-6-4-3-5-7-14(12)15/h2,12-14H,1,3-11,15H2. The van der Waals surface area contributed by atoms with Crippen LogP contribution in [0.3, 0.4) is 0 Å². The summed E-state index contributed by atoms with van der Waals surface area (Å²) in [5, 5.41) is 0. The van der Waals surface area contributed by atoms with E-state index in [4.69, 9.17) is 5.73 Å². The van der Waals surface area contributed by atoms with Crippen LogP contribution in [0.4, 0.5) is 0 Å². The molecule has 16 heavy (non-hydrogen) atoms. The van der Waals surface area contributed by atoms with Crippen LogP contribution in [0, 0.1) is 5.92 Å². The summed E-state index contributed by atoms with van der Waals surface area (Å²) in [6.07, 6.45) is 11.5. The molecule has 0 saturated heterocycles. The zero-order chi connectivity index (χ0) is 11.4. The quantitative estimate of drug-likeness (QED) is 0.572. The summed E-state index contributed by atoms with van der Waals surface area (Å²) >= 11 is 0. The van der Waals surface area contributed by atoms with Gasteiger partial charge in [0.15, 0.2) is 0 Å². The van der Waals surface area contributed by atoms with Gasteiger partial charge in [-0.2, -0.15) is 0 Å². The average molecular weight is 222 g/mol. The van der Waals surface area contributed by atoms with Crippen molar-refractivity contribution in [1.29, 1.82) is 0 Å². The highest BCUT2D eigenvalue weighted by Crippen LogP contribution is 2.30. The number of hydrogen-bond donors (Lipinski definition) is 1. The van der Waals surface area contributed by atoms with Gasteiger partial charge in [0.1, 0.15) is 0 Å². The van der Waals surface area contributed by atoms with Crippen molar-refractivity contribution < 1.29 is 0 Å². The Balaban J connectivity index is 1.86. The summed E-state index contributed by atoms with van der Waals surface area (Å²) in [4.78, 5) is 2.60. The van der Waals surface area contributed by atoms with Crippen molar-refractivity contribution >= 4 is 0 Å². The zero-order valence-electron chi connectivity index (χ0n) is 10.4. The monoisotopic (exact) mass is 222 g/mol. The van der Waals surface area contributed by atoms with Crippen molar-refractivity contribution in [2.24, 2.45) is 11.7 Å². The SMILES string of the molecule is C=CCN(CC1CCCCCC1N)C1CC1. The summed E-state index contributed by atoms with van der Waals surface area (Å²) in [7, 11) is 0. The van der Waals surface area contributed by atoms with E-state index >= 15 is 0 Å². The molecule has 2 rings (SSSR count). The Hall–Kier alpha value is -0.340. The van der Waals surface area contributed by atoms with Crippen molar-refractivity contribution in [2.45, 2.75) is 57.0 Å². The highest BCUT2D eigenvalue weighted by atomic mass is 15.2. The molecule has 2 aliphatic carbocycles. The van der Waals surface area contributed by atoms with E-state index in [0.717, 1.165) is 18.5 Å². The third-order valence-corrected chi connectivity index (χ3v) is 4.11. The Morgan fingerprint density at radius 1 is 1.12 bits per heavy atom. The lowest BCUT2D eigenvalue weighted by molar-refractivity contribution is 0.216. The molecule has 0 spiro atoms. The molecule has 2 atom stereocenters. The lowest BCUT2D eigenvalue weighted by Crippen LogP contribution is -2.39. The maximum Gasteiger partial charge on any atom is 0.0163 e. The Morgan fingerprint density at radius 2 is 1.88 bits per heavy atom. The average Bonchev–Trinajstić information content (AvgIpc) is 3.07. The van der Waals surface area contributed by atoms with E-state index in [2.05, 4.69) is 11.5 Å². The maximum absolute atomic E-state index is 6.29. The molecule has 2 heteroatoms. The van der Waals surface area contributed by atoms with Crippen molar-refractivity contribution in [3.05, 3.63) is 12.7 Å². The topological polar surface area (TPSA) is 29.3 Å². The van der Waals surface area contributed by atoms with E-state index in [1.165, 1.54) is 51.5 Å². The molecule has 2 nitrogen and oxygen atoms in total. The molecule has 0 aromatic heterocycles. The van der Waals surface area contributed by atoms with Gasteiger partial charge in [0.05, 0.1) is 0 Å². The van der Waals surface area contributed by atoms with Gasteiger partial charge in [-0.1, -0.05) is 25.3 Å². The minimum Gasteiger partial charge on any atom is -0.327 e. The van der Waals surface area contributed by atoms with Crippen LogP contribution in [0.2, 0.25) is 0 Å². The predicted molar refractivity (Wildman–Crippen MR) is 69.3 cm³/mol. The van der Waals surface area contributed by atoms with E-state index in [1.54, 1.807) is 0 Å². The second kappa shape index (κ2) is 5.83. The van der Waals surface area contributed by atoms with E-state index in [1.807, 2.05) is 6.08 Å². The summed E-state index contributed by atoms with van der Waals surface area (Å²) < 4.78 is 0. The predicted octanol–water partition coefficient (Wildman–Crippen LogP) is 2.54. The highest BCUT2D eigenvalue weighted by molar-refractivity contribution is 4.91. The first kappa shape index (κ1) is 12.1. The van der Waals surface area contributed by atoms with Crippen molar-refractivity contribution in [3.8, 4) is 0 Å². The van der Waals surface area contributed by atoms with Gasteiger partial charge in [-0.25, -0.2) is 0 Å². The number of hydrogen-bond acceptors (Lipinski definition) is 2. The van der Waals surface area contributed by atoms with Crippen LogP contribution in [0.15, 0.2) is 12.7 Å². The molecule has 2 unspecified atom stereocenters. The molecule has 0 radical (unpaired) electrons. The van der Waals surface area contributed by atoms with Crippen LogP contribution in [0.5, 0.6) is 0 Å². The second-order valence-electron chi connectivity index (χ2n) is 5.54. The van der Waals surface area contributed by atoms with E-state index in [9.17, 15) is 0 Å². The molecule has 0 aromatic carbocycles. The second-order valence-corrected chi connectivity index (χ2v) is 5.54. The van der Waals surface area contributed by atoms with Gasteiger partial charge < -0.3 is 5.73 Å². The highest BCUT2D eigenvalue weighted by Gasteiger charge is 2.31. The first-order valence-electron chi connectivity index (χ1n) is 6.92. The molecule has 0 bridgehead atoms. The van der Waals surface area contributed by atoms with Crippen molar-refractivity contribution in [3.63, 3.8) is 0 Å². The van der Waals surface area contributed by atoms with Crippen molar-refractivity contribution in [2.75, 3.05) is 13.1 Å². The fourth-order valence-corrected chi connectivity index (χ4v) is 2.92. The van der Waals surface area contributed by atoms with Crippen LogP contribution >= 0.6 is 0 Å². The van der Waals surface area contributed by atoms with Gasteiger partial charge in [0.2, 0.25) is 0 Å². The summed E-state index contributed by atoms with van der Waals surface area (Å²) in [6.45, 7) is 6.12. The van der Waals surface area contributed by atoms with Crippen LogP contribution < -0.4 is 5.73 Å². The maximum atomic E-state index is 6.29. The molecule has 0 aliphatic heterocycles. The van der Waals surface area contributed by atoms with Crippen molar-refractivity contribution in [1.82, 2.24) is 4.90 Å².